The molecule has 2 heterocycles. The first-order valence-electron chi connectivity index (χ1n) is 5.58. The lowest BCUT2D eigenvalue weighted by molar-refractivity contribution is 0.599. The molecule has 0 amide bonds. The highest BCUT2D eigenvalue weighted by Crippen LogP contribution is 2.32. The lowest BCUT2D eigenvalue weighted by Gasteiger charge is -2.02. The van der Waals surface area contributed by atoms with Crippen LogP contribution in [0.4, 0.5) is 0 Å². The molecule has 0 bridgehead atoms. The van der Waals surface area contributed by atoms with Gasteiger partial charge in [-0.05, 0) is 12.1 Å². The minimum absolute atomic E-state index is 0.765. The minimum Gasteiger partial charge on any atom is -0.443 e. The molecule has 18 heavy (non-hydrogen) atoms. The van der Waals surface area contributed by atoms with Gasteiger partial charge in [0, 0.05) is 11.1 Å². The topological polar surface area (TPSA) is 52.1 Å². The van der Waals surface area contributed by atoms with Crippen LogP contribution in [0.2, 0.25) is 0 Å². The van der Waals surface area contributed by atoms with E-state index in [9.17, 15) is 0 Å². The Morgan fingerprint density at radius 2 is 1.17 bits per heavy atom. The Kier molecular flexibility index (Phi) is 1.80. The third-order valence-electron chi connectivity index (χ3n) is 3.00. The van der Waals surface area contributed by atoms with E-state index < -0.39 is 0 Å². The van der Waals surface area contributed by atoms with Crippen molar-refractivity contribution in [2.24, 2.45) is 0 Å². The molecule has 0 atom stereocenters. The average molecular weight is 236 g/mol. The van der Waals surface area contributed by atoms with Gasteiger partial charge in [-0.25, -0.2) is 9.97 Å². The van der Waals surface area contributed by atoms with Crippen molar-refractivity contribution in [3.8, 4) is 11.1 Å². The maximum absolute atomic E-state index is 5.46. The Balaban J connectivity index is 2.13. The van der Waals surface area contributed by atoms with Gasteiger partial charge in [0.2, 0.25) is 0 Å². The maximum atomic E-state index is 5.46. The maximum Gasteiger partial charge on any atom is 0.182 e. The summed E-state index contributed by atoms with van der Waals surface area (Å²) in [5.41, 5.74) is 5.13. The van der Waals surface area contributed by atoms with Crippen LogP contribution in [-0.2, 0) is 0 Å². The summed E-state index contributed by atoms with van der Waals surface area (Å²) >= 11 is 0. The van der Waals surface area contributed by atoms with Crippen LogP contribution in [0.5, 0.6) is 0 Å². The van der Waals surface area contributed by atoms with Crippen LogP contribution in [0.3, 0.4) is 0 Å². The summed E-state index contributed by atoms with van der Waals surface area (Å²) in [5.74, 6) is 0. The zero-order valence-electron chi connectivity index (χ0n) is 9.33. The van der Waals surface area contributed by atoms with E-state index in [1.165, 1.54) is 12.8 Å². The first-order valence-corrected chi connectivity index (χ1v) is 5.58. The summed E-state index contributed by atoms with van der Waals surface area (Å²) < 4.78 is 10.9. The summed E-state index contributed by atoms with van der Waals surface area (Å²) in [6.45, 7) is 0. The molecule has 2 aromatic carbocycles. The molecule has 0 aliphatic carbocycles. The van der Waals surface area contributed by atoms with Crippen LogP contribution in [-0.4, -0.2) is 9.97 Å². The smallest absolute Gasteiger partial charge is 0.182 e. The molecule has 86 valence electrons. The van der Waals surface area contributed by atoms with Crippen molar-refractivity contribution in [3.05, 3.63) is 49.2 Å². The van der Waals surface area contributed by atoms with Crippen molar-refractivity contribution in [3.63, 3.8) is 0 Å². The van der Waals surface area contributed by atoms with E-state index >= 15 is 0 Å². The Labute approximate surface area is 102 Å². The van der Waals surface area contributed by atoms with Crippen LogP contribution in [0.25, 0.3) is 33.3 Å². The van der Waals surface area contributed by atoms with Gasteiger partial charge in [0.15, 0.2) is 24.0 Å². The quantitative estimate of drug-likeness (QED) is 0.506. The Morgan fingerprint density at radius 1 is 0.667 bits per heavy atom. The number of nitrogens with zero attached hydrogens (tertiary/aromatic N) is 2. The first-order chi connectivity index (χ1) is 8.93. The van der Waals surface area contributed by atoms with E-state index in [1.54, 1.807) is 0 Å². The highest BCUT2D eigenvalue weighted by Gasteiger charge is 2.12. The molecule has 0 saturated heterocycles. The number of rotatable bonds is 1. The number of hydrogen-bond acceptors (Lipinski definition) is 4. The third kappa shape index (κ3) is 1.20. The van der Waals surface area contributed by atoms with Gasteiger partial charge in [0.1, 0.15) is 11.0 Å². The van der Waals surface area contributed by atoms with Crippen molar-refractivity contribution in [1.82, 2.24) is 9.97 Å². The number of benzene rings is 2. The van der Waals surface area contributed by atoms with E-state index in [1.807, 2.05) is 36.4 Å². The Morgan fingerprint density at radius 3 is 1.67 bits per heavy atom. The molecule has 4 heteroatoms. The molecule has 0 fully saturated rings. The lowest BCUT2D eigenvalue weighted by Crippen LogP contribution is -1.80. The summed E-state index contributed by atoms with van der Waals surface area (Å²) in [4.78, 5) is 8.32. The molecule has 4 nitrogen and oxygen atoms in total. The highest BCUT2D eigenvalue weighted by molar-refractivity contribution is 5.98. The molecule has 4 rings (SSSR count). The zero-order valence-corrected chi connectivity index (χ0v) is 9.33. The minimum atomic E-state index is 0.765. The summed E-state index contributed by atoms with van der Waals surface area (Å²) in [6.07, 6.45) is 2.91. The molecule has 0 N–H and O–H groups in total. The number of fused-ring (bicyclic) bond motifs is 2. The van der Waals surface area contributed by atoms with Gasteiger partial charge in [-0.15, -0.1) is 0 Å². The van der Waals surface area contributed by atoms with Crippen LogP contribution >= 0.6 is 0 Å². The molecule has 4 aromatic rings. The van der Waals surface area contributed by atoms with Crippen LogP contribution in [0.15, 0.2) is 58.0 Å². The van der Waals surface area contributed by atoms with Gasteiger partial charge >= 0.3 is 0 Å². The predicted molar refractivity (Wildman–Crippen MR) is 67.0 cm³/mol. The second-order valence-electron chi connectivity index (χ2n) is 4.01. The van der Waals surface area contributed by atoms with Gasteiger partial charge < -0.3 is 8.83 Å². The van der Waals surface area contributed by atoms with Gasteiger partial charge in [0.25, 0.3) is 0 Å². The normalized spacial score (nSPS) is 11.3. The number of para-hydroxylation sites is 2. The number of oxazole rings is 2. The monoisotopic (exact) mass is 236 g/mol. The van der Waals surface area contributed by atoms with E-state index in [0.717, 1.165) is 33.3 Å². The van der Waals surface area contributed by atoms with Gasteiger partial charge in [-0.3, -0.25) is 0 Å². The predicted octanol–water partition coefficient (Wildman–Crippen LogP) is 3.64. The zero-order chi connectivity index (χ0) is 11.9. The molecule has 0 unspecified atom stereocenters. The molecular formula is C14H8N2O2. The fourth-order valence-corrected chi connectivity index (χ4v) is 2.20. The molecular weight excluding hydrogens is 228 g/mol. The third-order valence-corrected chi connectivity index (χ3v) is 3.00. The van der Waals surface area contributed by atoms with Crippen molar-refractivity contribution < 1.29 is 8.83 Å². The summed E-state index contributed by atoms with van der Waals surface area (Å²) in [6, 6.07) is 11.7. The standard InChI is InChI=1S/C14H8N2O2/c1-3-9(13-11(5-1)15-7-17-13)10-4-2-6-12-14(10)18-8-16-12/h1-8H. The first kappa shape index (κ1) is 9.41. The molecule has 0 aliphatic heterocycles. The molecule has 0 aliphatic rings. The summed E-state index contributed by atoms with van der Waals surface area (Å²) in [7, 11) is 0. The fraction of sp³-hybridized carbons (Fsp3) is 0. The SMILES string of the molecule is c1cc(-c2cccc3ncoc23)c2ocnc2c1. The Bertz CT molecular complexity index is 773. The highest BCUT2D eigenvalue weighted by atomic mass is 16.3. The fourth-order valence-electron chi connectivity index (χ4n) is 2.20. The summed E-state index contributed by atoms with van der Waals surface area (Å²) in [5, 5.41) is 0. The molecule has 0 radical (unpaired) electrons. The average Bonchev–Trinajstić information content (AvgIpc) is 3.06. The van der Waals surface area contributed by atoms with E-state index in [0.29, 0.717) is 0 Å². The Hall–Kier alpha value is -2.62. The van der Waals surface area contributed by atoms with E-state index in [-0.39, 0.29) is 0 Å². The van der Waals surface area contributed by atoms with Crippen LogP contribution in [0.1, 0.15) is 0 Å². The molecule has 0 spiro atoms. The van der Waals surface area contributed by atoms with Crippen molar-refractivity contribution in [2.45, 2.75) is 0 Å². The van der Waals surface area contributed by atoms with Crippen molar-refractivity contribution >= 4 is 22.2 Å². The van der Waals surface area contributed by atoms with Crippen LogP contribution in [0, 0.1) is 0 Å². The molecule has 0 saturated carbocycles. The van der Waals surface area contributed by atoms with Gasteiger partial charge in [0.05, 0.1) is 0 Å². The van der Waals surface area contributed by atoms with Crippen molar-refractivity contribution in [2.75, 3.05) is 0 Å². The molecule has 2 aromatic heterocycles. The lowest BCUT2D eigenvalue weighted by atomic mass is 10.0. The second kappa shape index (κ2) is 3.43. The number of aromatic nitrogens is 2. The number of hydrogen-bond donors (Lipinski definition) is 0. The van der Waals surface area contributed by atoms with E-state index in [2.05, 4.69) is 9.97 Å². The largest absolute Gasteiger partial charge is 0.443 e. The van der Waals surface area contributed by atoms with Crippen molar-refractivity contribution in [1.29, 1.82) is 0 Å². The van der Waals surface area contributed by atoms with Crippen LogP contribution < -0.4 is 0 Å². The van der Waals surface area contributed by atoms with Gasteiger partial charge in [-0.2, -0.15) is 0 Å². The van der Waals surface area contributed by atoms with E-state index in [4.69, 9.17) is 8.83 Å². The van der Waals surface area contributed by atoms with Gasteiger partial charge in [-0.1, -0.05) is 24.3 Å². The second-order valence-corrected chi connectivity index (χ2v) is 4.01.